The third kappa shape index (κ3) is 1.67. The summed E-state index contributed by atoms with van der Waals surface area (Å²) in [5, 5.41) is 9.97. The largest absolute Gasteiger partial charge is 0.464 e. The predicted molar refractivity (Wildman–Crippen MR) is 60.4 cm³/mol. The second-order valence-corrected chi connectivity index (χ2v) is 3.49. The van der Waals surface area contributed by atoms with Crippen LogP contribution in [0.4, 0.5) is 0 Å². The summed E-state index contributed by atoms with van der Waals surface area (Å²) in [6, 6.07) is 7.60. The number of hydrogen-bond acceptors (Lipinski definition) is 3. The number of aromatic amines is 1. The van der Waals surface area contributed by atoms with Gasteiger partial charge in [-0.15, -0.1) is 0 Å². The molecule has 84 valence electrons. The number of hydrogen-bond donors (Lipinski definition) is 2. The van der Waals surface area contributed by atoms with Crippen molar-refractivity contribution in [3.05, 3.63) is 35.5 Å². The molecule has 0 saturated heterocycles. The molecule has 0 spiro atoms. The van der Waals surface area contributed by atoms with Crippen LogP contribution >= 0.6 is 0 Å². The smallest absolute Gasteiger partial charge is 0.354 e. The quantitative estimate of drug-likeness (QED) is 0.769. The maximum Gasteiger partial charge on any atom is 0.354 e. The Morgan fingerprint density at radius 2 is 2.19 bits per heavy atom. The fourth-order valence-electron chi connectivity index (χ4n) is 1.85. The van der Waals surface area contributed by atoms with Gasteiger partial charge in [0.25, 0.3) is 0 Å². The average molecular weight is 219 g/mol. The van der Waals surface area contributed by atoms with E-state index in [0.29, 0.717) is 12.1 Å². The van der Waals surface area contributed by atoms with E-state index in [4.69, 9.17) is 9.84 Å². The molecule has 0 amide bonds. The Labute approximate surface area is 92.9 Å². The molecule has 1 heterocycles. The van der Waals surface area contributed by atoms with Gasteiger partial charge in [-0.05, 0) is 18.1 Å². The van der Waals surface area contributed by atoms with Crippen molar-refractivity contribution in [3.63, 3.8) is 0 Å². The summed E-state index contributed by atoms with van der Waals surface area (Å²) in [6.07, 6.45) is 0.439. The van der Waals surface area contributed by atoms with Gasteiger partial charge in [-0.1, -0.05) is 18.2 Å². The van der Waals surface area contributed by atoms with Crippen LogP contribution < -0.4 is 0 Å². The van der Waals surface area contributed by atoms with E-state index in [2.05, 4.69) is 4.98 Å². The second-order valence-electron chi connectivity index (χ2n) is 3.49. The lowest BCUT2D eigenvalue weighted by Gasteiger charge is -2.00. The SMILES string of the molecule is COC(=O)c1[nH]c2ccccc2c1CCO. The van der Waals surface area contributed by atoms with Crippen molar-refractivity contribution in [2.45, 2.75) is 6.42 Å². The van der Waals surface area contributed by atoms with Gasteiger partial charge in [0, 0.05) is 17.5 Å². The van der Waals surface area contributed by atoms with Crippen LogP contribution in [-0.4, -0.2) is 29.8 Å². The second kappa shape index (κ2) is 4.37. The maximum absolute atomic E-state index is 11.5. The van der Waals surface area contributed by atoms with E-state index in [1.807, 2.05) is 24.3 Å². The molecule has 1 aromatic carbocycles. The van der Waals surface area contributed by atoms with E-state index in [9.17, 15) is 4.79 Å². The minimum absolute atomic E-state index is 0.00580. The zero-order chi connectivity index (χ0) is 11.5. The van der Waals surface area contributed by atoms with E-state index >= 15 is 0 Å². The number of fused-ring (bicyclic) bond motifs is 1. The van der Waals surface area contributed by atoms with Gasteiger partial charge in [0.15, 0.2) is 0 Å². The number of carbonyl (C=O) groups is 1. The van der Waals surface area contributed by atoms with Gasteiger partial charge >= 0.3 is 5.97 Å². The standard InChI is InChI=1S/C12H13NO3/c1-16-12(15)11-9(6-7-14)8-4-2-3-5-10(8)13-11/h2-5,13-14H,6-7H2,1H3. The van der Waals surface area contributed by atoms with Crippen molar-refractivity contribution >= 4 is 16.9 Å². The third-order valence-corrected chi connectivity index (χ3v) is 2.56. The highest BCUT2D eigenvalue weighted by molar-refractivity contribution is 5.98. The minimum atomic E-state index is -0.403. The number of carbonyl (C=O) groups excluding carboxylic acids is 1. The molecule has 0 saturated carbocycles. The van der Waals surface area contributed by atoms with E-state index in [0.717, 1.165) is 16.5 Å². The van der Waals surface area contributed by atoms with Crippen LogP contribution in [0.5, 0.6) is 0 Å². The number of aromatic nitrogens is 1. The first-order valence-corrected chi connectivity index (χ1v) is 5.06. The lowest BCUT2D eigenvalue weighted by Crippen LogP contribution is -2.06. The summed E-state index contributed by atoms with van der Waals surface area (Å²) in [5.74, 6) is -0.403. The van der Waals surface area contributed by atoms with Crippen molar-refractivity contribution in [2.75, 3.05) is 13.7 Å². The van der Waals surface area contributed by atoms with E-state index in [1.165, 1.54) is 7.11 Å². The number of H-pyrrole nitrogens is 1. The highest BCUT2D eigenvalue weighted by Gasteiger charge is 2.17. The summed E-state index contributed by atoms with van der Waals surface area (Å²) in [4.78, 5) is 14.6. The third-order valence-electron chi connectivity index (χ3n) is 2.56. The van der Waals surface area contributed by atoms with Crippen LogP contribution in [0, 0.1) is 0 Å². The van der Waals surface area contributed by atoms with Gasteiger partial charge in [0.2, 0.25) is 0 Å². The van der Waals surface area contributed by atoms with Gasteiger partial charge < -0.3 is 14.8 Å². The molecular formula is C12H13NO3. The Morgan fingerprint density at radius 3 is 2.88 bits per heavy atom. The summed E-state index contributed by atoms with van der Waals surface area (Å²) in [6.45, 7) is 0.00580. The van der Waals surface area contributed by atoms with Crippen LogP contribution in [0.1, 0.15) is 16.1 Å². The van der Waals surface area contributed by atoms with Gasteiger partial charge in [0.05, 0.1) is 7.11 Å². The summed E-state index contributed by atoms with van der Waals surface area (Å²) in [5.41, 5.74) is 2.12. The number of benzene rings is 1. The molecule has 2 N–H and O–H groups in total. The first-order valence-electron chi connectivity index (χ1n) is 5.06. The van der Waals surface area contributed by atoms with Gasteiger partial charge in [0.1, 0.15) is 5.69 Å². The molecule has 1 aromatic heterocycles. The summed E-state index contributed by atoms with van der Waals surface area (Å²) < 4.78 is 4.70. The van der Waals surface area contributed by atoms with Gasteiger partial charge in [-0.25, -0.2) is 4.79 Å². The Hall–Kier alpha value is -1.81. The molecular weight excluding hydrogens is 206 g/mol. The number of ether oxygens (including phenoxy) is 1. The van der Waals surface area contributed by atoms with Gasteiger partial charge in [-0.2, -0.15) is 0 Å². The van der Waals surface area contributed by atoms with Crippen LogP contribution in [0.25, 0.3) is 10.9 Å². The molecule has 0 aliphatic rings. The van der Waals surface area contributed by atoms with Crippen molar-refractivity contribution < 1.29 is 14.6 Å². The molecule has 16 heavy (non-hydrogen) atoms. The van der Waals surface area contributed by atoms with Crippen molar-refractivity contribution in [2.24, 2.45) is 0 Å². The predicted octanol–water partition coefficient (Wildman–Crippen LogP) is 1.49. The Kier molecular flexibility index (Phi) is 2.92. The Morgan fingerprint density at radius 1 is 1.44 bits per heavy atom. The summed E-state index contributed by atoms with van der Waals surface area (Å²) in [7, 11) is 1.34. The number of aliphatic hydroxyl groups is 1. The fraction of sp³-hybridized carbons (Fsp3) is 0.250. The average Bonchev–Trinajstić information content (AvgIpc) is 2.68. The molecule has 4 nitrogen and oxygen atoms in total. The van der Waals surface area contributed by atoms with Crippen molar-refractivity contribution in [1.82, 2.24) is 4.98 Å². The molecule has 0 aliphatic carbocycles. The number of methoxy groups -OCH3 is 1. The Bertz CT molecular complexity index is 516. The number of para-hydroxylation sites is 1. The van der Waals surface area contributed by atoms with Crippen LogP contribution in [-0.2, 0) is 11.2 Å². The molecule has 0 unspecified atom stereocenters. The zero-order valence-corrected chi connectivity index (χ0v) is 8.99. The first kappa shape index (κ1) is 10.7. The van der Waals surface area contributed by atoms with Crippen LogP contribution in [0.2, 0.25) is 0 Å². The topological polar surface area (TPSA) is 62.3 Å². The molecule has 0 fully saturated rings. The molecule has 0 atom stereocenters. The van der Waals surface area contributed by atoms with Crippen LogP contribution in [0.3, 0.4) is 0 Å². The molecule has 0 radical (unpaired) electrons. The lowest BCUT2D eigenvalue weighted by molar-refractivity contribution is 0.0593. The monoisotopic (exact) mass is 219 g/mol. The van der Waals surface area contributed by atoms with Gasteiger partial charge in [-0.3, -0.25) is 0 Å². The maximum atomic E-state index is 11.5. The normalized spacial score (nSPS) is 10.6. The number of nitrogens with one attached hydrogen (secondary N) is 1. The van der Waals surface area contributed by atoms with E-state index in [1.54, 1.807) is 0 Å². The summed E-state index contributed by atoms with van der Waals surface area (Å²) >= 11 is 0. The van der Waals surface area contributed by atoms with E-state index in [-0.39, 0.29) is 6.61 Å². The van der Waals surface area contributed by atoms with Crippen molar-refractivity contribution in [3.8, 4) is 0 Å². The molecule has 2 aromatic rings. The van der Waals surface area contributed by atoms with Crippen molar-refractivity contribution in [1.29, 1.82) is 0 Å². The molecule has 0 aliphatic heterocycles. The van der Waals surface area contributed by atoms with E-state index < -0.39 is 5.97 Å². The molecule has 0 bridgehead atoms. The lowest BCUT2D eigenvalue weighted by atomic mass is 10.1. The molecule has 4 heteroatoms. The number of rotatable bonds is 3. The van der Waals surface area contributed by atoms with Crippen LogP contribution in [0.15, 0.2) is 24.3 Å². The fourth-order valence-corrected chi connectivity index (χ4v) is 1.85. The first-order chi connectivity index (χ1) is 7.77. The Balaban J connectivity index is 2.62. The minimum Gasteiger partial charge on any atom is -0.464 e. The highest BCUT2D eigenvalue weighted by atomic mass is 16.5. The highest BCUT2D eigenvalue weighted by Crippen LogP contribution is 2.23. The number of aliphatic hydroxyl groups excluding tert-OH is 1. The zero-order valence-electron chi connectivity index (χ0n) is 8.99. The number of esters is 1. The molecule has 2 rings (SSSR count).